The second-order valence-corrected chi connectivity index (χ2v) is 4.36. The van der Waals surface area contributed by atoms with Crippen molar-refractivity contribution in [2.45, 2.75) is 13.0 Å². The molecule has 114 valence electrons. The molecule has 1 rings (SSSR count). The van der Waals surface area contributed by atoms with Crippen LogP contribution in [-0.2, 0) is 4.79 Å². The minimum absolute atomic E-state index is 0. The fraction of sp³-hybridized carbons (Fsp3) is 0.462. The van der Waals surface area contributed by atoms with Crippen molar-refractivity contribution < 1.29 is 18.7 Å². The topological polar surface area (TPSA) is 61.4 Å². The summed E-state index contributed by atoms with van der Waals surface area (Å²) < 4.78 is 26.8. The molecular formula is C13H19ClF2N2O2. The number of benzene rings is 1. The molecule has 1 amide bonds. The second kappa shape index (κ2) is 8.84. The van der Waals surface area contributed by atoms with Gasteiger partial charge >= 0.3 is 0 Å². The van der Waals surface area contributed by atoms with Crippen molar-refractivity contribution >= 4 is 18.3 Å². The number of hydrogen-bond acceptors (Lipinski definition) is 3. The zero-order valence-electron chi connectivity index (χ0n) is 11.3. The summed E-state index contributed by atoms with van der Waals surface area (Å²) in [4.78, 5) is 11.6. The number of carbonyl (C=O) groups excluding carboxylic acids is 1. The average Bonchev–Trinajstić information content (AvgIpc) is 2.36. The highest BCUT2D eigenvalue weighted by molar-refractivity contribution is 5.85. The molecule has 0 aromatic heterocycles. The zero-order chi connectivity index (χ0) is 14.4. The van der Waals surface area contributed by atoms with Crippen LogP contribution in [0.15, 0.2) is 18.2 Å². The van der Waals surface area contributed by atoms with Crippen LogP contribution in [0.2, 0.25) is 0 Å². The fourth-order valence-corrected chi connectivity index (χ4v) is 1.70. The summed E-state index contributed by atoms with van der Waals surface area (Å²) in [7, 11) is 1.72. The van der Waals surface area contributed by atoms with Crippen molar-refractivity contribution in [2.24, 2.45) is 5.92 Å². The molecule has 0 saturated carbocycles. The quantitative estimate of drug-likeness (QED) is 0.744. The molecule has 0 bridgehead atoms. The first-order chi connectivity index (χ1) is 8.97. The van der Waals surface area contributed by atoms with Gasteiger partial charge in [0.25, 0.3) is 0 Å². The predicted octanol–water partition coefficient (Wildman–Crippen LogP) is 1.39. The molecule has 4 nitrogen and oxygen atoms in total. The number of aliphatic hydroxyl groups excluding tert-OH is 1. The van der Waals surface area contributed by atoms with Crippen LogP contribution in [0.1, 0.15) is 18.6 Å². The van der Waals surface area contributed by atoms with Crippen LogP contribution in [0.3, 0.4) is 0 Å². The molecule has 0 spiro atoms. The Balaban J connectivity index is 0.00000361. The van der Waals surface area contributed by atoms with Gasteiger partial charge in [0.15, 0.2) is 0 Å². The van der Waals surface area contributed by atoms with E-state index in [0.717, 1.165) is 12.1 Å². The third-order valence-electron chi connectivity index (χ3n) is 2.76. The van der Waals surface area contributed by atoms with E-state index >= 15 is 0 Å². The summed E-state index contributed by atoms with van der Waals surface area (Å²) >= 11 is 0. The highest BCUT2D eigenvalue weighted by Crippen LogP contribution is 2.19. The predicted molar refractivity (Wildman–Crippen MR) is 74.7 cm³/mol. The summed E-state index contributed by atoms with van der Waals surface area (Å²) in [5.41, 5.74) is -0.427. The zero-order valence-corrected chi connectivity index (χ0v) is 12.1. The van der Waals surface area contributed by atoms with Crippen LogP contribution in [0.5, 0.6) is 0 Å². The minimum atomic E-state index is -1.41. The Morgan fingerprint density at radius 1 is 1.30 bits per heavy atom. The molecule has 1 aromatic rings. The lowest BCUT2D eigenvalue weighted by Gasteiger charge is -2.16. The normalized spacial score (nSPS) is 13.2. The Hall–Kier alpha value is -1.24. The van der Waals surface area contributed by atoms with Crippen LogP contribution in [-0.4, -0.2) is 31.2 Å². The van der Waals surface area contributed by atoms with E-state index in [2.05, 4.69) is 10.6 Å². The molecule has 0 radical (unpaired) electrons. The van der Waals surface area contributed by atoms with Crippen molar-refractivity contribution in [3.05, 3.63) is 35.4 Å². The molecule has 0 aliphatic carbocycles. The van der Waals surface area contributed by atoms with E-state index in [1.165, 1.54) is 6.07 Å². The van der Waals surface area contributed by atoms with E-state index in [4.69, 9.17) is 0 Å². The molecule has 3 N–H and O–H groups in total. The molecular weight excluding hydrogens is 290 g/mol. The Morgan fingerprint density at radius 2 is 1.85 bits per heavy atom. The number of hydrogen-bond donors (Lipinski definition) is 3. The van der Waals surface area contributed by atoms with Crippen LogP contribution in [0.4, 0.5) is 8.78 Å². The summed E-state index contributed by atoms with van der Waals surface area (Å²) in [5, 5.41) is 15.0. The number of carbonyl (C=O) groups is 1. The number of amides is 1. The van der Waals surface area contributed by atoms with Crippen LogP contribution < -0.4 is 10.6 Å². The van der Waals surface area contributed by atoms with Gasteiger partial charge in [0, 0.05) is 19.0 Å². The summed E-state index contributed by atoms with van der Waals surface area (Å²) in [6.07, 6.45) is -1.41. The van der Waals surface area contributed by atoms with Crippen molar-refractivity contribution in [3.63, 3.8) is 0 Å². The van der Waals surface area contributed by atoms with Gasteiger partial charge in [-0.05, 0) is 19.2 Å². The number of nitrogens with one attached hydrogen (secondary N) is 2. The summed E-state index contributed by atoms with van der Waals surface area (Å²) in [6.45, 7) is 1.96. The van der Waals surface area contributed by atoms with Crippen LogP contribution >= 0.6 is 12.4 Å². The van der Waals surface area contributed by atoms with Crippen molar-refractivity contribution in [2.75, 3.05) is 20.1 Å². The fourth-order valence-electron chi connectivity index (χ4n) is 1.70. The van der Waals surface area contributed by atoms with Gasteiger partial charge in [-0.3, -0.25) is 4.79 Å². The second-order valence-electron chi connectivity index (χ2n) is 4.36. The van der Waals surface area contributed by atoms with Crippen LogP contribution in [0, 0.1) is 17.6 Å². The lowest BCUT2D eigenvalue weighted by molar-refractivity contribution is -0.124. The van der Waals surface area contributed by atoms with Gasteiger partial charge in [0.2, 0.25) is 5.91 Å². The largest absolute Gasteiger partial charge is 0.386 e. The van der Waals surface area contributed by atoms with E-state index in [0.29, 0.717) is 6.54 Å². The minimum Gasteiger partial charge on any atom is -0.386 e. The first-order valence-corrected chi connectivity index (χ1v) is 6.01. The molecule has 0 fully saturated rings. The SMILES string of the molecule is CNCC(C)C(=O)NCC(O)c1c(F)cccc1F.Cl. The lowest BCUT2D eigenvalue weighted by Crippen LogP contribution is -2.36. The van der Waals surface area contributed by atoms with Gasteiger partial charge in [0.1, 0.15) is 17.7 Å². The molecule has 0 heterocycles. The maximum Gasteiger partial charge on any atom is 0.224 e. The first-order valence-electron chi connectivity index (χ1n) is 6.01. The molecule has 0 saturated heterocycles. The van der Waals surface area contributed by atoms with Gasteiger partial charge < -0.3 is 15.7 Å². The molecule has 7 heteroatoms. The number of rotatable bonds is 6. The summed E-state index contributed by atoms with van der Waals surface area (Å²) in [5.74, 6) is -2.23. The average molecular weight is 309 g/mol. The van der Waals surface area contributed by atoms with E-state index in [1.54, 1.807) is 14.0 Å². The summed E-state index contributed by atoms with van der Waals surface area (Å²) in [6, 6.07) is 3.34. The van der Waals surface area contributed by atoms with Gasteiger partial charge in [-0.15, -0.1) is 12.4 Å². The standard InChI is InChI=1S/C13H18F2N2O2.ClH/c1-8(6-16-2)13(19)17-7-11(18)12-9(14)4-3-5-10(12)15;/h3-5,8,11,16,18H,6-7H2,1-2H3,(H,17,19);1H. The smallest absolute Gasteiger partial charge is 0.224 e. The van der Waals surface area contributed by atoms with Crippen molar-refractivity contribution in [3.8, 4) is 0 Å². The number of aliphatic hydroxyl groups is 1. The van der Waals surface area contributed by atoms with Gasteiger partial charge in [-0.1, -0.05) is 13.0 Å². The van der Waals surface area contributed by atoms with Crippen molar-refractivity contribution in [1.29, 1.82) is 0 Å². The van der Waals surface area contributed by atoms with Crippen LogP contribution in [0.25, 0.3) is 0 Å². The molecule has 2 unspecified atom stereocenters. The monoisotopic (exact) mass is 308 g/mol. The first kappa shape index (κ1) is 18.8. The molecule has 1 aromatic carbocycles. The van der Waals surface area contributed by atoms with Gasteiger partial charge in [-0.25, -0.2) is 8.78 Å². The Labute approximate surface area is 123 Å². The molecule has 0 aliphatic rings. The lowest BCUT2D eigenvalue weighted by atomic mass is 10.1. The maximum absolute atomic E-state index is 13.4. The highest BCUT2D eigenvalue weighted by Gasteiger charge is 2.19. The van der Waals surface area contributed by atoms with E-state index < -0.39 is 23.3 Å². The van der Waals surface area contributed by atoms with Gasteiger partial charge in [-0.2, -0.15) is 0 Å². The number of halogens is 3. The van der Waals surface area contributed by atoms with E-state index in [-0.39, 0.29) is 30.8 Å². The van der Waals surface area contributed by atoms with Gasteiger partial charge in [0.05, 0.1) is 5.56 Å². The molecule has 2 atom stereocenters. The van der Waals surface area contributed by atoms with Crippen molar-refractivity contribution in [1.82, 2.24) is 10.6 Å². The molecule has 0 aliphatic heterocycles. The van der Waals surface area contributed by atoms with E-state index in [9.17, 15) is 18.7 Å². The maximum atomic E-state index is 13.4. The third kappa shape index (κ3) is 5.03. The van der Waals surface area contributed by atoms with E-state index in [1.807, 2.05) is 0 Å². The Kier molecular flexibility index (Phi) is 8.29. The Morgan fingerprint density at radius 3 is 2.35 bits per heavy atom. The molecule has 20 heavy (non-hydrogen) atoms. The third-order valence-corrected chi connectivity index (χ3v) is 2.76. The Bertz CT molecular complexity index is 426. The highest BCUT2D eigenvalue weighted by atomic mass is 35.5.